The number of carbonyl (C=O) groups excluding carboxylic acids is 4. The van der Waals surface area contributed by atoms with Crippen LogP contribution in [0.4, 0.5) is 0 Å². The Labute approximate surface area is 164 Å². The van der Waals surface area contributed by atoms with Crippen LogP contribution in [0, 0.1) is 0 Å². The molecule has 0 aliphatic rings. The van der Waals surface area contributed by atoms with Crippen LogP contribution in [-0.2, 0) is 14.3 Å². The first-order chi connectivity index (χ1) is 12.9. The number of hydrogen-bond donors (Lipinski definition) is 2. The van der Waals surface area contributed by atoms with E-state index in [1.54, 1.807) is 42.5 Å². The molecule has 2 rings (SSSR count). The maximum absolute atomic E-state index is 11.9. The molecule has 0 fully saturated rings. The van der Waals surface area contributed by atoms with Crippen LogP contribution in [0.1, 0.15) is 39.8 Å². The molecular formula is C18H17ClN2O5S. The predicted octanol–water partition coefficient (Wildman–Crippen LogP) is 2.76. The number of rotatable bonds is 7. The number of hydrazine groups is 1. The maximum atomic E-state index is 11.9. The maximum Gasteiger partial charge on any atom is 0.307 e. The van der Waals surface area contributed by atoms with Gasteiger partial charge < -0.3 is 4.74 Å². The van der Waals surface area contributed by atoms with Crippen molar-refractivity contribution in [1.82, 2.24) is 10.9 Å². The molecule has 9 heteroatoms. The molecule has 2 amide bonds. The molecule has 0 radical (unpaired) electrons. The van der Waals surface area contributed by atoms with E-state index in [2.05, 4.69) is 10.9 Å². The van der Waals surface area contributed by atoms with Crippen LogP contribution in [0.25, 0.3) is 0 Å². The Hall–Kier alpha value is -2.71. The predicted molar refractivity (Wildman–Crippen MR) is 100 cm³/mol. The zero-order chi connectivity index (χ0) is 19.8. The lowest BCUT2D eigenvalue weighted by Gasteiger charge is -2.14. The standard InChI is InChI=1S/C18H17ClN2O5S/c1-11(17(24)20-21-18(25)12-5-3-2-4-6-12)26-16(23)10-7-13(22)14-8-9-15(19)27-14/h2-6,8-9,11H,7,10H2,1H3,(H,20,24)(H,21,25)/t11-/m0/s1. The topological polar surface area (TPSA) is 102 Å². The number of ketones is 1. The molecule has 0 unspecified atom stereocenters. The van der Waals surface area contributed by atoms with E-state index in [0.717, 1.165) is 11.3 Å². The summed E-state index contributed by atoms with van der Waals surface area (Å²) in [5.74, 6) is -2.11. The van der Waals surface area contributed by atoms with Crippen molar-refractivity contribution in [3.05, 3.63) is 57.2 Å². The highest BCUT2D eigenvalue weighted by atomic mass is 35.5. The van der Waals surface area contributed by atoms with Gasteiger partial charge in [-0.25, -0.2) is 0 Å². The molecule has 1 aromatic heterocycles. The molecule has 1 heterocycles. The van der Waals surface area contributed by atoms with Crippen molar-refractivity contribution >= 4 is 46.5 Å². The van der Waals surface area contributed by atoms with Gasteiger partial charge in [0.05, 0.1) is 15.6 Å². The van der Waals surface area contributed by atoms with Gasteiger partial charge in [0.1, 0.15) is 0 Å². The van der Waals surface area contributed by atoms with E-state index >= 15 is 0 Å². The van der Waals surface area contributed by atoms with Crippen LogP contribution in [0.2, 0.25) is 4.34 Å². The van der Waals surface area contributed by atoms with Crippen LogP contribution in [-0.4, -0.2) is 29.7 Å². The van der Waals surface area contributed by atoms with E-state index in [1.165, 1.54) is 6.92 Å². The highest BCUT2D eigenvalue weighted by molar-refractivity contribution is 7.18. The molecule has 7 nitrogen and oxygen atoms in total. The summed E-state index contributed by atoms with van der Waals surface area (Å²) in [5, 5.41) is 0. The molecule has 0 aliphatic heterocycles. The Morgan fingerprint density at radius 2 is 1.74 bits per heavy atom. The molecule has 27 heavy (non-hydrogen) atoms. The number of benzene rings is 1. The normalized spacial score (nSPS) is 11.3. The Bertz CT molecular complexity index is 837. The van der Waals surface area contributed by atoms with Gasteiger partial charge >= 0.3 is 5.97 Å². The number of carbonyl (C=O) groups is 4. The van der Waals surface area contributed by atoms with E-state index in [4.69, 9.17) is 16.3 Å². The second-order valence-corrected chi connectivity index (χ2v) is 7.18. The monoisotopic (exact) mass is 408 g/mol. The number of amides is 2. The zero-order valence-corrected chi connectivity index (χ0v) is 15.9. The van der Waals surface area contributed by atoms with Crippen molar-refractivity contribution in [1.29, 1.82) is 0 Å². The van der Waals surface area contributed by atoms with Gasteiger partial charge in [-0.05, 0) is 31.2 Å². The summed E-state index contributed by atoms with van der Waals surface area (Å²) in [5.41, 5.74) is 4.79. The zero-order valence-electron chi connectivity index (χ0n) is 14.4. The summed E-state index contributed by atoms with van der Waals surface area (Å²) in [6.07, 6.45) is -1.34. The van der Waals surface area contributed by atoms with Crippen molar-refractivity contribution in [3.63, 3.8) is 0 Å². The Kier molecular flexibility index (Phi) is 7.51. The largest absolute Gasteiger partial charge is 0.452 e. The smallest absolute Gasteiger partial charge is 0.307 e. The quantitative estimate of drug-likeness (QED) is 0.416. The van der Waals surface area contributed by atoms with Crippen molar-refractivity contribution in [3.8, 4) is 0 Å². The van der Waals surface area contributed by atoms with Gasteiger partial charge in [-0.15, -0.1) is 11.3 Å². The highest BCUT2D eigenvalue weighted by Gasteiger charge is 2.19. The van der Waals surface area contributed by atoms with E-state index < -0.39 is 23.9 Å². The molecule has 0 bridgehead atoms. The summed E-state index contributed by atoms with van der Waals surface area (Å²) in [4.78, 5) is 47.9. The minimum absolute atomic E-state index is 0.0469. The van der Waals surface area contributed by atoms with E-state index in [9.17, 15) is 19.2 Å². The number of nitrogens with one attached hydrogen (secondary N) is 2. The molecule has 1 aromatic carbocycles. The Balaban J connectivity index is 1.72. The average Bonchev–Trinajstić information content (AvgIpc) is 3.11. The van der Waals surface area contributed by atoms with Crippen LogP contribution in [0.15, 0.2) is 42.5 Å². The van der Waals surface area contributed by atoms with Crippen molar-refractivity contribution < 1.29 is 23.9 Å². The third kappa shape index (κ3) is 6.50. The number of esters is 1. The van der Waals surface area contributed by atoms with Gasteiger partial charge in [0.15, 0.2) is 11.9 Å². The first-order valence-electron chi connectivity index (χ1n) is 8.00. The van der Waals surface area contributed by atoms with E-state index in [-0.39, 0.29) is 18.6 Å². The SMILES string of the molecule is C[C@H](OC(=O)CCC(=O)c1ccc(Cl)s1)C(=O)NNC(=O)c1ccccc1. The molecule has 2 aromatic rings. The summed E-state index contributed by atoms with van der Waals surface area (Å²) in [7, 11) is 0. The van der Waals surface area contributed by atoms with Crippen LogP contribution in [0.5, 0.6) is 0 Å². The fourth-order valence-corrected chi connectivity index (χ4v) is 3.00. The fraction of sp³-hybridized carbons (Fsp3) is 0.222. The third-order valence-electron chi connectivity index (χ3n) is 3.42. The van der Waals surface area contributed by atoms with Crippen molar-refractivity contribution in [2.24, 2.45) is 0 Å². The molecule has 1 atom stereocenters. The lowest BCUT2D eigenvalue weighted by Crippen LogP contribution is -2.46. The molecule has 0 saturated heterocycles. The summed E-state index contributed by atoms with van der Waals surface area (Å²) < 4.78 is 5.45. The lowest BCUT2D eigenvalue weighted by molar-refractivity contribution is -0.155. The van der Waals surface area contributed by atoms with E-state index in [1.807, 2.05) is 0 Å². The molecular weight excluding hydrogens is 392 g/mol. The molecule has 0 saturated carbocycles. The molecule has 142 valence electrons. The molecule has 2 N–H and O–H groups in total. The minimum Gasteiger partial charge on any atom is -0.452 e. The highest BCUT2D eigenvalue weighted by Crippen LogP contribution is 2.23. The van der Waals surface area contributed by atoms with E-state index in [0.29, 0.717) is 14.8 Å². The van der Waals surface area contributed by atoms with Crippen LogP contribution < -0.4 is 10.9 Å². The second-order valence-electron chi connectivity index (χ2n) is 5.47. The van der Waals surface area contributed by atoms with Gasteiger partial charge in [0, 0.05) is 12.0 Å². The van der Waals surface area contributed by atoms with Crippen LogP contribution in [0.3, 0.4) is 0 Å². The van der Waals surface area contributed by atoms with Gasteiger partial charge in [-0.1, -0.05) is 29.8 Å². The summed E-state index contributed by atoms with van der Waals surface area (Å²) >= 11 is 6.90. The van der Waals surface area contributed by atoms with Gasteiger partial charge in [-0.3, -0.25) is 30.0 Å². The van der Waals surface area contributed by atoms with Gasteiger partial charge in [0.25, 0.3) is 11.8 Å². The van der Waals surface area contributed by atoms with Crippen LogP contribution >= 0.6 is 22.9 Å². The Morgan fingerprint density at radius 1 is 1.04 bits per heavy atom. The fourth-order valence-electron chi connectivity index (χ4n) is 1.99. The number of hydrogen-bond acceptors (Lipinski definition) is 6. The summed E-state index contributed by atoms with van der Waals surface area (Å²) in [6.45, 7) is 1.36. The van der Waals surface area contributed by atoms with Gasteiger partial charge in [0.2, 0.25) is 0 Å². The minimum atomic E-state index is -1.13. The van der Waals surface area contributed by atoms with Crippen molar-refractivity contribution in [2.45, 2.75) is 25.9 Å². The number of Topliss-reactive ketones (excluding diaryl/α,β-unsaturated/α-hetero) is 1. The lowest BCUT2D eigenvalue weighted by atomic mass is 10.2. The third-order valence-corrected chi connectivity index (χ3v) is 4.69. The molecule has 0 spiro atoms. The number of thiophene rings is 1. The van der Waals surface area contributed by atoms with Gasteiger partial charge in [-0.2, -0.15) is 0 Å². The number of halogens is 1. The first-order valence-corrected chi connectivity index (χ1v) is 9.19. The van der Waals surface area contributed by atoms with Crippen molar-refractivity contribution in [2.75, 3.05) is 0 Å². The molecule has 0 aliphatic carbocycles. The summed E-state index contributed by atoms with van der Waals surface area (Å²) in [6, 6.07) is 11.5. The first kappa shape index (κ1) is 20.6. The Morgan fingerprint density at radius 3 is 2.37 bits per heavy atom. The average molecular weight is 409 g/mol. The second kappa shape index (κ2) is 9.84. The number of ether oxygens (including phenoxy) is 1.